The Hall–Kier alpha value is -2.83. The first-order chi connectivity index (χ1) is 14.7. The van der Waals surface area contributed by atoms with Crippen molar-refractivity contribution >= 4 is 16.9 Å². The van der Waals surface area contributed by atoms with Gasteiger partial charge in [0, 0.05) is 44.2 Å². The van der Waals surface area contributed by atoms with Crippen molar-refractivity contribution in [3.8, 4) is 0 Å². The predicted octanol–water partition coefficient (Wildman–Crippen LogP) is 3.44. The van der Waals surface area contributed by atoms with Gasteiger partial charge in [-0.1, -0.05) is 42.5 Å². The molecule has 0 amide bonds. The fourth-order valence-corrected chi connectivity index (χ4v) is 3.84. The number of para-hydroxylation sites is 1. The van der Waals surface area contributed by atoms with Gasteiger partial charge in [-0.3, -0.25) is 9.89 Å². The molecule has 0 spiro atoms. The summed E-state index contributed by atoms with van der Waals surface area (Å²) in [6.45, 7) is 7.97. The zero-order valence-electron chi connectivity index (χ0n) is 17.8. The summed E-state index contributed by atoms with van der Waals surface area (Å²) < 4.78 is 11.5. The number of furan rings is 1. The van der Waals surface area contributed by atoms with Crippen LogP contribution in [0.2, 0.25) is 0 Å². The van der Waals surface area contributed by atoms with E-state index in [0.29, 0.717) is 6.54 Å². The molecule has 2 heterocycles. The Balaban J connectivity index is 1.36. The number of nitrogens with one attached hydrogen (secondary N) is 2. The van der Waals surface area contributed by atoms with Crippen LogP contribution in [0.3, 0.4) is 0 Å². The third-order valence-electron chi connectivity index (χ3n) is 5.64. The van der Waals surface area contributed by atoms with Crippen molar-refractivity contribution in [1.29, 1.82) is 0 Å². The number of ether oxygens (including phenoxy) is 1. The van der Waals surface area contributed by atoms with Gasteiger partial charge in [0.05, 0.1) is 19.8 Å². The summed E-state index contributed by atoms with van der Waals surface area (Å²) in [7, 11) is 1.79. The zero-order valence-corrected chi connectivity index (χ0v) is 17.8. The molecule has 0 aliphatic carbocycles. The molecule has 6 nitrogen and oxygen atoms in total. The van der Waals surface area contributed by atoms with E-state index in [1.807, 2.05) is 18.2 Å². The highest BCUT2D eigenvalue weighted by atomic mass is 16.5. The molecule has 1 aliphatic heterocycles. The number of nitrogens with zero attached hydrogens (tertiary/aromatic N) is 2. The number of benzene rings is 2. The van der Waals surface area contributed by atoms with E-state index in [0.717, 1.165) is 62.1 Å². The Kier molecular flexibility index (Phi) is 6.67. The largest absolute Gasteiger partial charge is 0.459 e. The second kappa shape index (κ2) is 9.78. The van der Waals surface area contributed by atoms with Crippen molar-refractivity contribution in [2.45, 2.75) is 26.6 Å². The summed E-state index contributed by atoms with van der Waals surface area (Å²) in [5.74, 6) is 1.70. The number of aryl methyl sites for hydroxylation is 1. The van der Waals surface area contributed by atoms with Crippen LogP contribution in [0.1, 0.15) is 22.5 Å². The summed E-state index contributed by atoms with van der Waals surface area (Å²) in [6, 6.07) is 16.7. The fourth-order valence-electron chi connectivity index (χ4n) is 3.84. The Morgan fingerprint density at radius 1 is 0.967 bits per heavy atom. The Bertz CT molecular complexity index is 1010. The minimum atomic E-state index is 0.593. The van der Waals surface area contributed by atoms with E-state index in [1.165, 1.54) is 16.7 Å². The first-order valence-electron chi connectivity index (χ1n) is 10.5. The Morgan fingerprint density at radius 3 is 2.43 bits per heavy atom. The van der Waals surface area contributed by atoms with Crippen LogP contribution in [0, 0.1) is 6.92 Å². The van der Waals surface area contributed by atoms with Crippen molar-refractivity contribution < 1.29 is 9.15 Å². The number of morpholine rings is 1. The van der Waals surface area contributed by atoms with Gasteiger partial charge in [0.1, 0.15) is 11.3 Å². The van der Waals surface area contributed by atoms with Gasteiger partial charge in [-0.15, -0.1) is 0 Å². The highest BCUT2D eigenvalue weighted by molar-refractivity contribution is 5.83. The SMILES string of the molecule is CN=C(NCc1ccccc1CN1CCOCC1)NCc1oc2ccccc2c1C. The van der Waals surface area contributed by atoms with E-state index in [1.54, 1.807) is 7.05 Å². The monoisotopic (exact) mass is 406 g/mol. The summed E-state index contributed by atoms with van der Waals surface area (Å²) >= 11 is 0. The molecule has 1 saturated heterocycles. The molecule has 1 aromatic heterocycles. The van der Waals surface area contributed by atoms with Crippen molar-refractivity contribution in [2.75, 3.05) is 33.4 Å². The van der Waals surface area contributed by atoms with Crippen LogP contribution in [0.25, 0.3) is 11.0 Å². The lowest BCUT2D eigenvalue weighted by atomic mass is 10.1. The molecule has 0 bridgehead atoms. The lowest BCUT2D eigenvalue weighted by molar-refractivity contribution is 0.0341. The zero-order chi connectivity index (χ0) is 20.8. The highest BCUT2D eigenvalue weighted by Crippen LogP contribution is 2.24. The highest BCUT2D eigenvalue weighted by Gasteiger charge is 2.13. The van der Waals surface area contributed by atoms with Gasteiger partial charge in [-0.2, -0.15) is 0 Å². The third kappa shape index (κ3) is 4.83. The molecule has 0 saturated carbocycles. The van der Waals surface area contributed by atoms with Crippen LogP contribution in [0.15, 0.2) is 57.9 Å². The predicted molar refractivity (Wildman–Crippen MR) is 121 cm³/mol. The number of aliphatic imine (C=N–C) groups is 1. The maximum atomic E-state index is 6.00. The summed E-state index contributed by atoms with van der Waals surface area (Å²) in [5.41, 5.74) is 4.72. The maximum absolute atomic E-state index is 6.00. The lowest BCUT2D eigenvalue weighted by Gasteiger charge is -2.27. The second-order valence-electron chi connectivity index (χ2n) is 7.58. The van der Waals surface area contributed by atoms with Gasteiger partial charge in [-0.05, 0) is 24.1 Å². The second-order valence-corrected chi connectivity index (χ2v) is 7.58. The molecule has 2 aromatic carbocycles. The lowest BCUT2D eigenvalue weighted by Crippen LogP contribution is -2.37. The number of fused-ring (bicyclic) bond motifs is 1. The van der Waals surface area contributed by atoms with Gasteiger partial charge in [0.25, 0.3) is 0 Å². The van der Waals surface area contributed by atoms with Crippen molar-refractivity contribution in [2.24, 2.45) is 4.99 Å². The van der Waals surface area contributed by atoms with Gasteiger partial charge in [0.15, 0.2) is 5.96 Å². The smallest absolute Gasteiger partial charge is 0.191 e. The number of rotatable bonds is 6. The van der Waals surface area contributed by atoms with Crippen LogP contribution in [0.4, 0.5) is 0 Å². The molecule has 4 rings (SSSR count). The van der Waals surface area contributed by atoms with Crippen LogP contribution in [0.5, 0.6) is 0 Å². The minimum absolute atomic E-state index is 0.593. The van der Waals surface area contributed by atoms with Gasteiger partial charge < -0.3 is 19.8 Å². The number of guanidine groups is 1. The van der Waals surface area contributed by atoms with Crippen LogP contribution < -0.4 is 10.6 Å². The van der Waals surface area contributed by atoms with Crippen LogP contribution in [-0.4, -0.2) is 44.2 Å². The van der Waals surface area contributed by atoms with E-state index in [-0.39, 0.29) is 0 Å². The quantitative estimate of drug-likeness (QED) is 0.485. The van der Waals surface area contributed by atoms with Crippen LogP contribution in [-0.2, 0) is 24.4 Å². The molecule has 6 heteroatoms. The molecule has 1 aliphatic rings. The first kappa shape index (κ1) is 20.4. The molecular formula is C24H30N4O2. The van der Waals surface area contributed by atoms with Crippen LogP contribution >= 0.6 is 0 Å². The van der Waals surface area contributed by atoms with E-state index in [2.05, 4.69) is 57.8 Å². The van der Waals surface area contributed by atoms with E-state index in [4.69, 9.17) is 9.15 Å². The molecule has 0 unspecified atom stereocenters. The number of hydrogen-bond acceptors (Lipinski definition) is 4. The van der Waals surface area contributed by atoms with Crippen molar-refractivity contribution in [3.63, 3.8) is 0 Å². The van der Waals surface area contributed by atoms with Gasteiger partial charge >= 0.3 is 0 Å². The topological polar surface area (TPSA) is 62.0 Å². The van der Waals surface area contributed by atoms with E-state index >= 15 is 0 Å². The van der Waals surface area contributed by atoms with E-state index in [9.17, 15) is 0 Å². The standard InChI is InChI=1S/C24H30N4O2/c1-18-21-9-5-6-10-22(21)30-23(18)16-27-24(25-2)26-15-19-7-3-4-8-20(19)17-28-11-13-29-14-12-28/h3-10H,11-17H2,1-2H3,(H2,25,26,27). The van der Waals surface area contributed by atoms with Gasteiger partial charge in [-0.25, -0.2) is 0 Å². The van der Waals surface area contributed by atoms with Gasteiger partial charge in [0.2, 0.25) is 0 Å². The molecule has 2 N–H and O–H groups in total. The molecule has 3 aromatic rings. The first-order valence-corrected chi connectivity index (χ1v) is 10.5. The fraction of sp³-hybridized carbons (Fsp3) is 0.375. The molecular weight excluding hydrogens is 376 g/mol. The average Bonchev–Trinajstić information content (AvgIpc) is 3.11. The van der Waals surface area contributed by atoms with E-state index < -0.39 is 0 Å². The third-order valence-corrected chi connectivity index (χ3v) is 5.64. The molecule has 158 valence electrons. The average molecular weight is 407 g/mol. The van der Waals surface area contributed by atoms with Crippen molar-refractivity contribution in [1.82, 2.24) is 15.5 Å². The summed E-state index contributed by atoms with van der Waals surface area (Å²) in [5, 5.41) is 7.98. The Labute approximate surface area is 177 Å². The van der Waals surface area contributed by atoms with Crippen molar-refractivity contribution in [3.05, 3.63) is 71.0 Å². The molecule has 0 radical (unpaired) electrons. The summed E-state index contributed by atoms with van der Waals surface area (Å²) in [4.78, 5) is 6.82. The minimum Gasteiger partial charge on any atom is -0.459 e. The number of hydrogen-bond donors (Lipinski definition) is 2. The Morgan fingerprint density at radius 2 is 1.67 bits per heavy atom. The summed E-state index contributed by atoms with van der Waals surface area (Å²) in [6.07, 6.45) is 0. The molecule has 0 atom stereocenters. The maximum Gasteiger partial charge on any atom is 0.191 e. The normalized spacial score (nSPS) is 15.5. The molecule has 1 fully saturated rings. The molecule has 30 heavy (non-hydrogen) atoms.